The molecule has 2 aromatic rings. The Morgan fingerprint density at radius 3 is 2.75 bits per heavy atom. The molecule has 0 saturated heterocycles. The molecule has 0 fully saturated rings. The molecule has 0 aromatic carbocycles. The smallest absolute Gasteiger partial charge is 0.360 e. The van der Waals surface area contributed by atoms with Crippen molar-refractivity contribution in [3.63, 3.8) is 0 Å². The van der Waals surface area contributed by atoms with Gasteiger partial charge in [0.05, 0.1) is 23.3 Å². The first-order chi connectivity index (χ1) is 9.54. The van der Waals surface area contributed by atoms with E-state index in [1.807, 2.05) is 6.92 Å². The van der Waals surface area contributed by atoms with Crippen LogP contribution in [0.15, 0.2) is 11.7 Å². The second-order valence-electron chi connectivity index (χ2n) is 3.83. The number of aromatic nitrogens is 2. The average Bonchev–Trinajstić information content (AvgIpc) is 3.05. The Balaban J connectivity index is 2.25. The van der Waals surface area contributed by atoms with Gasteiger partial charge in [0.15, 0.2) is 5.69 Å². The molecule has 2 heterocycles. The third kappa shape index (κ3) is 2.86. The molecule has 1 amide bonds. The number of hydrogen-bond acceptors (Lipinski definition) is 7. The van der Waals surface area contributed by atoms with Gasteiger partial charge in [0.25, 0.3) is 5.91 Å². The molecule has 20 heavy (non-hydrogen) atoms. The van der Waals surface area contributed by atoms with E-state index in [9.17, 15) is 9.59 Å². The minimum atomic E-state index is -0.524. The number of ether oxygens (including phenoxy) is 1. The second-order valence-corrected chi connectivity index (χ2v) is 5.90. The number of hydrogen-bond donors (Lipinski definition) is 0. The van der Waals surface area contributed by atoms with Gasteiger partial charge >= 0.3 is 5.97 Å². The van der Waals surface area contributed by atoms with Crippen LogP contribution in [-0.2, 0) is 4.74 Å². The highest BCUT2D eigenvalue weighted by molar-refractivity contribution is 7.15. The first kappa shape index (κ1) is 14.6. The van der Waals surface area contributed by atoms with Crippen molar-refractivity contribution >= 4 is 39.6 Å². The molecule has 0 spiro atoms. The second kappa shape index (κ2) is 6.10. The largest absolute Gasteiger partial charge is 0.461 e. The van der Waals surface area contributed by atoms with Crippen LogP contribution in [0.3, 0.4) is 0 Å². The fraction of sp³-hybridized carbons (Fsp3) is 0.333. The predicted molar refractivity (Wildman–Crippen MR) is 77.7 cm³/mol. The van der Waals surface area contributed by atoms with E-state index in [1.54, 1.807) is 14.0 Å². The molecule has 0 saturated carbocycles. The van der Waals surface area contributed by atoms with Gasteiger partial charge in [-0.05, 0) is 13.8 Å². The van der Waals surface area contributed by atoms with Crippen molar-refractivity contribution in [3.8, 4) is 0 Å². The maximum absolute atomic E-state index is 12.3. The summed E-state index contributed by atoms with van der Waals surface area (Å²) in [4.78, 5) is 34.0. The lowest BCUT2D eigenvalue weighted by Crippen LogP contribution is -2.26. The Morgan fingerprint density at radius 2 is 2.15 bits per heavy atom. The van der Waals surface area contributed by atoms with Crippen LogP contribution in [0, 0.1) is 6.92 Å². The maximum Gasteiger partial charge on any atom is 0.360 e. The summed E-state index contributed by atoms with van der Waals surface area (Å²) in [6, 6.07) is 0. The van der Waals surface area contributed by atoms with Crippen LogP contribution >= 0.6 is 22.7 Å². The SMILES string of the molecule is CCOC(=O)c1ncsc1N(C)C(=O)c1cnc(C)s1. The molecule has 6 nitrogen and oxygen atoms in total. The highest BCUT2D eigenvalue weighted by Crippen LogP contribution is 2.27. The Bertz CT molecular complexity index is 635. The first-order valence-corrected chi connectivity index (χ1v) is 7.55. The normalized spacial score (nSPS) is 10.3. The van der Waals surface area contributed by atoms with E-state index >= 15 is 0 Å². The van der Waals surface area contributed by atoms with Gasteiger partial charge in [-0.15, -0.1) is 22.7 Å². The van der Waals surface area contributed by atoms with Gasteiger partial charge in [0.1, 0.15) is 9.88 Å². The minimum absolute atomic E-state index is 0.161. The number of carbonyl (C=O) groups is 2. The van der Waals surface area contributed by atoms with E-state index in [0.717, 1.165) is 5.01 Å². The number of nitrogens with zero attached hydrogens (tertiary/aromatic N) is 3. The van der Waals surface area contributed by atoms with E-state index in [-0.39, 0.29) is 18.2 Å². The third-order valence-corrected chi connectivity index (χ3v) is 4.26. The highest BCUT2D eigenvalue weighted by Gasteiger charge is 2.24. The van der Waals surface area contributed by atoms with Crippen LogP contribution in [0.5, 0.6) is 0 Å². The summed E-state index contributed by atoms with van der Waals surface area (Å²) >= 11 is 2.53. The third-order valence-electron chi connectivity index (χ3n) is 2.46. The van der Waals surface area contributed by atoms with Crippen molar-refractivity contribution in [1.82, 2.24) is 9.97 Å². The molecule has 8 heteroatoms. The Kier molecular flexibility index (Phi) is 4.46. The van der Waals surface area contributed by atoms with E-state index in [2.05, 4.69) is 9.97 Å². The molecular formula is C12H13N3O3S2. The summed E-state index contributed by atoms with van der Waals surface area (Å²) < 4.78 is 4.92. The molecule has 2 aromatic heterocycles. The molecule has 0 atom stereocenters. The molecule has 0 bridgehead atoms. The fourth-order valence-electron chi connectivity index (χ4n) is 1.54. The average molecular weight is 311 g/mol. The topological polar surface area (TPSA) is 72.4 Å². The van der Waals surface area contributed by atoms with Gasteiger partial charge in [-0.3, -0.25) is 9.69 Å². The van der Waals surface area contributed by atoms with Crippen LogP contribution in [0.2, 0.25) is 0 Å². The molecule has 2 rings (SSSR count). The first-order valence-electron chi connectivity index (χ1n) is 5.85. The summed E-state index contributed by atoms with van der Waals surface area (Å²) in [6.07, 6.45) is 1.53. The van der Waals surface area contributed by atoms with Crippen LogP contribution in [-0.4, -0.2) is 35.5 Å². The number of aryl methyl sites for hydroxylation is 1. The van der Waals surface area contributed by atoms with Crippen molar-refractivity contribution in [2.45, 2.75) is 13.8 Å². The van der Waals surface area contributed by atoms with Gasteiger partial charge in [-0.2, -0.15) is 0 Å². The van der Waals surface area contributed by atoms with Gasteiger partial charge in [0, 0.05) is 7.05 Å². The fourth-order valence-corrected chi connectivity index (χ4v) is 3.04. The summed E-state index contributed by atoms with van der Waals surface area (Å²) in [5.74, 6) is -0.741. The van der Waals surface area contributed by atoms with Gasteiger partial charge in [0.2, 0.25) is 0 Å². The summed E-state index contributed by atoms with van der Waals surface area (Å²) in [6.45, 7) is 3.82. The zero-order chi connectivity index (χ0) is 14.7. The van der Waals surface area contributed by atoms with Crippen LogP contribution in [0.25, 0.3) is 0 Å². The van der Waals surface area contributed by atoms with Crippen LogP contribution in [0.4, 0.5) is 5.00 Å². The van der Waals surface area contributed by atoms with Gasteiger partial charge in [-0.1, -0.05) is 0 Å². The number of carbonyl (C=O) groups excluding carboxylic acids is 2. The Morgan fingerprint density at radius 1 is 1.40 bits per heavy atom. The molecule has 0 N–H and O–H groups in total. The predicted octanol–water partition coefficient (Wildman–Crippen LogP) is 2.36. The van der Waals surface area contributed by atoms with Crippen molar-refractivity contribution < 1.29 is 14.3 Å². The minimum Gasteiger partial charge on any atom is -0.461 e. The molecule has 0 radical (unpaired) electrons. The lowest BCUT2D eigenvalue weighted by Gasteiger charge is -2.14. The lowest BCUT2D eigenvalue weighted by atomic mass is 10.4. The van der Waals surface area contributed by atoms with Crippen molar-refractivity contribution in [1.29, 1.82) is 0 Å². The number of amides is 1. The van der Waals surface area contributed by atoms with Crippen molar-refractivity contribution in [2.24, 2.45) is 0 Å². The lowest BCUT2D eigenvalue weighted by molar-refractivity contribution is 0.0521. The quantitative estimate of drug-likeness (QED) is 0.811. The van der Waals surface area contributed by atoms with Crippen molar-refractivity contribution in [3.05, 3.63) is 27.3 Å². The molecule has 0 aliphatic heterocycles. The van der Waals surface area contributed by atoms with E-state index in [1.165, 1.54) is 39.3 Å². The molecular weight excluding hydrogens is 298 g/mol. The van der Waals surface area contributed by atoms with Gasteiger partial charge < -0.3 is 4.74 Å². The summed E-state index contributed by atoms with van der Waals surface area (Å²) in [7, 11) is 1.60. The summed E-state index contributed by atoms with van der Waals surface area (Å²) in [5, 5.41) is 1.29. The molecule has 0 unspecified atom stereocenters. The monoisotopic (exact) mass is 311 g/mol. The molecule has 106 valence electrons. The zero-order valence-electron chi connectivity index (χ0n) is 11.2. The highest BCUT2D eigenvalue weighted by atomic mass is 32.1. The van der Waals surface area contributed by atoms with Crippen molar-refractivity contribution in [2.75, 3.05) is 18.6 Å². The number of rotatable bonds is 4. The molecule has 0 aliphatic rings. The van der Waals surface area contributed by atoms with E-state index in [4.69, 9.17) is 4.74 Å². The maximum atomic E-state index is 12.3. The Labute approximate surface area is 124 Å². The standard InChI is InChI=1S/C12H13N3O3S2/c1-4-18-12(17)9-11(19-6-14-9)15(3)10(16)8-5-13-7(2)20-8/h5-6H,4H2,1-3H3. The Hall–Kier alpha value is -1.80. The van der Waals surface area contributed by atoms with Gasteiger partial charge in [-0.25, -0.2) is 14.8 Å². The molecule has 0 aliphatic carbocycles. The van der Waals surface area contributed by atoms with E-state index in [0.29, 0.717) is 9.88 Å². The van der Waals surface area contributed by atoms with Crippen LogP contribution in [0.1, 0.15) is 32.1 Å². The number of anilines is 1. The zero-order valence-corrected chi connectivity index (χ0v) is 12.9. The van der Waals surface area contributed by atoms with Crippen LogP contribution < -0.4 is 4.90 Å². The summed E-state index contributed by atoms with van der Waals surface area (Å²) in [5.41, 5.74) is 1.68. The van der Waals surface area contributed by atoms with E-state index < -0.39 is 5.97 Å². The number of esters is 1. The number of thiazole rings is 2.